The topological polar surface area (TPSA) is 58.2 Å². The zero-order valence-electron chi connectivity index (χ0n) is 11.1. The highest BCUT2D eigenvalue weighted by Crippen LogP contribution is 2.20. The van der Waals surface area contributed by atoms with Crippen molar-refractivity contribution in [1.82, 2.24) is 10.0 Å². The second-order valence-corrected chi connectivity index (χ2v) is 6.37. The predicted octanol–water partition coefficient (Wildman–Crippen LogP) is 1.47. The van der Waals surface area contributed by atoms with E-state index in [4.69, 9.17) is 0 Å². The molecule has 0 aliphatic heterocycles. The summed E-state index contributed by atoms with van der Waals surface area (Å²) in [5, 5.41) is 2.85. The van der Waals surface area contributed by atoms with Crippen molar-refractivity contribution in [1.29, 1.82) is 0 Å². The third-order valence-electron chi connectivity index (χ3n) is 2.88. The van der Waals surface area contributed by atoms with Crippen molar-refractivity contribution in [2.45, 2.75) is 19.9 Å². The molecule has 0 amide bonds. The van der Waals surface area contributed by atoms with Gasteiger partial charge in [0.15, 0.2) is 0 Å². The summed E-state index contributed by atoms with van der Waals surface area (Å²) < 4.78 is 51.6. The zero-order chi connectivity index (χ0) is 14.6. The molecule has 0 saturated carbocycles. The summed E-state index contributed by atoms with van der Waals surface area (Å²) >= 11 is 0. The van der Waals surface area contributed by atoms with E-state index in [-0.39, 0.29) is 23.4 Å². The Kier molecular flexibility index (Phi) is 5.39. The molecule has 0 aliphatic rings. The lowest BCUT2D eigenvalue weighted by Crippen LogP contribution is -2.31. The first kappa shape index (κ1) is 16.0. The second-order valence-electron chi connectivity index (χ2n) is 4.32. The summed E-state index contributed by atoms with van der Waals surface area (Å²) in [6, 6.07) is 1.80. The summed E-state index contributed by atoms with van der Waals surface area (Å²) in [6.45, 7) is 3.29. The Morgan fingerprint density at radius 2 is 1.89 bits per heavy atom. The summed E-state index contributed by atoms with van der Waals surface area (Å²) in [4.78, 5) is 0. The van der Waals surface area contributed by atoms with E-state index in [1.165, 1.54) is 14.0 Å². The number of rotatable bonds is 6. The molecular formula is C12H18F2N2O2S. The van der Waals surface area contributed by atoms with Crippen molar-refractivity contribution < 1.29 is 17.2 Å². The van der Waals surface area contributed by atoms with Crippen LogP contribution in [0.4, 0.5) is 8.78 Å². The van der Waals surface area contributed by atoms with Crippen LogP contribution in [0.2, 0.25) is 0 Å². The van der Waals surface area contributed by atoms with Crippen LogP contribution in [0.3, 0.4) is 0 Å². The minimum Gasteiger partial charge on any atom is -0.309 e. The molecule has 4 nitrogen and oxygen atoms in total. The molecule has 108 valence electrons. The highest BCUT2D eigenvalue weighted by atomic mass is 32.2. The van der Waals surface area contributed by atoms with Gasteiger partial charge in [0, 0.05) is 18.2 Å². The number of nitrogens with one attached hydrogen (secondary N) is 2. The van der Waals surface area contributed by atoms with Gasteiger partial charge in [-0.3, -0.25) is 0 Å². The average Bonchev–Trinajstić information content (AvgIpc) is 2.33. The standard InChI is InChI=1S/C12H18F2N2O2S/c1-8-6-12(14)10(7-11(8)13)9(2)16-4-5-19(17,18)15-3/h6-7,9,15-16H,4-5H2,1-3H3. The lowest BCUT2D eigenvalue weighted by atomic mass is 10.1. The largest absolute Gasteiger partial charge is 0.309 e. The second kappa shape index (κ2) is 6.40. The van der Waals surface area contributed by atoms with Crippen molar-refractivity contribution in [3.63, 3.8) is 0 Å². The molecule has 1 aromatic rings. The lowest BCUT2D eigenvalue weighted by Gasteiger charge is -2.15. The molecule has 19 heavy (non-hydrogen) atoms. The van der Waals surface area contributed by atoms with E-state index >= 15 is 0 Å². The summed E-state index contributed by atoms with van der Waals surface area (Å²) in [7, 11) is -1.98. The molecule has 0 aromatic heterocycles. The van der Waals surface area contributed by atoms with Gasteiger partial charge in [0.25, 0.3) is 0 Å². The number of hydrogen-bond acceptors (Lipinski definition) is 3. The summed E-state index contributed by atoms with van der Waals surface area (Å²) in [5.74, 6) is -1.10. The summed E-state index contributed by atoms with van der Waals surface area (Å²) in [6.07, 6.45) is 0. The van der Waals surface area contributed by atoms with Crippen molar-refractivity contribution in [3.05, 3.63) is 34.9 Å². The molecule has 0 heterocycles. The van der Waals surface area contributed by atoms with Gasteiger partial charge in [-0.1, -0.05) is 0 Å². The van der Waals surface area contributed by atoms with Crippen molar-refractivity contribution >= 4 is 10.0 Å². The molecule has 0 bridgehead atoms. The molecule has 2 N–H and O–H groups in total. The minimum atomic E-state index is -3.30. The van der Waals surface area contributed by atoms with Gasteiger partial charge >= 0.3 is 0 Å². The highest BCUT2D eigenvalue weighted by Gasteiger charge is 2.14. The van der Waals surface area contributed by atoms with Gasteiger partial charge in [0.05, 0.1) is 5.75 Å². The monoisotopic (exact) mass is 292 g/mol. The maximum absolute atomic E-state index is 13.7. The van der Waals surface area contributed by atoms with Gasteiger partial charge in [-0.05, 0) is 38.6 Å². The van der Waals surface area contributed by atoms with Crippen LogP contribution in [0.15, 0.2) is 12.1 Å². The van der Waals surface area contributed by atoms with Crippen LogP contribution in [0.1, 0.15) is 24.1 Å². The maximum Gasteiger partial charge on any atom is 0.212 e. The Morgan fingerprint density at radius 1 is 1.26 bits per heavy atom. The van der Waals surface area contributed by atoms with Crippen LogP contribution in [0, 0.1) is 18.6 Å². The Hall–Kier alpha value is -1.05. The SMILES string of the molecule is CNS(=O)(=O)CCNC(C)c1cc(F)c(C)cc1F. The van der Waals surface area contributed by atoms with Gasteiger partial charge in [-0.2, -0.15) is 0 Å². The first-order valence-electron chi connectivity index (χ1n) is 5.87. The predicted molar refractivity (Wildman–Crippen MR) is 70.4 cm³/mol. The molecule has 1 atom stereocenters. The Bertz CT molecular complexity index is 547. The highest BCUT2D eigenvalue weighted by molar-refractivity contribution is 7.89. The minimum absolute atomic E-state index is 0.121. The van der Waals surface area contributed by atoms with Crippen molar-refractivity contribution in [2.75, 3.05) is 19.3 Å². The van der Waals surface area contributed by atoms with E-state index in [1.54, 1.807) is 6.92 Å². The van der Waals surface area contributed by atoms with E-state index in [2.05, 4.69) is 10.0 Å². The number of hydrogen-bond donors (Lipinski definition) is 2. The molecule has 0 radical (unpaired) electrons. The van der Waals surface area contributed by atoms with Crippen LogP contribution in [-0.4, -0.2) is 27.8 Å². The molecule has 1 unspecified atom stereocenters. The van der Waals surface area contributed by atoms with Crippen LogP contribution < -0.4 is 10.0 Å². The maximum atomic E-state index is 13.7. The normalized spacial score (nSPS) is 13.5. The Labute approximate surface area is 112 Å². The Balaban J connectivity index is 2.69. The average molecular weight is 292 g/mol. The third-order valence-corrected chi connectivity index (χ3v) is 4.24. The molecule has 0 saturated heterocycles. The van der Waals surface area contributed by atoms with Gasteiger partial charge in [0.2, 0.25) is 10.0 Å². The van der Waals surface area contributed by atoms with Crippen LogP contribution in [-0.2, 0) is 10.0 Å². The fourth-order valence-electron chi connectivity index (χ4n) is 1.62. The number of benzene rings is 1. The zero-order valence-corrected chi connectivity index (χ0v) is 11.9. The van der Waals surface area contributed by atoms with E-state index in [9.17, 15) is 17.2 Å². The lowest BCUT2D eigenvalue weighted by molar-refractivity contribution is 0.523. The van der Waals surface area contributed by atoms with Gasteiger partial charge in [0.1, 0.15) is 11.6 Å². The third kappa shape index (κ3) is 4.52. The molecule has 7 heteroatoms. The van der Waals surface area contributed by atoms with Crippen molar-refractivity contribution in [2.24, 2.45) is 0 Å². The van der Waals surface area contributed by atoms with Crippen molar-refractivity contribution in [3.8, 4) is 0 Å². The van der Waals surface area contributed by atoms with E-state index in [0.717, 1.165) is 12.1 Å². The first-order valence-corrected chi connectivity index (χ1v) is 7.52. The van der Waals surface area contributed by atoms with E-state index in [0.29, 0.717) is 0 Å². The fraction of sp³-hybridized carbons (Fsp3) is 0.500. The molecule has 1 rings (SSSR count). The van der Waals surface area contributed by atoms with Crippen LogP contribution in [0.5, 0.6) is 0 Å². The Morgan fingerprint density at radius 3 is 2.47 bits per heavy atom. The number of halogens is 2. The van der Waals surface area contributed by atoms with Crippen LogP contribution in [0.25, 0.3) is 0 Å². The summed E-state index contributed by atoms with van der Waals surface area (Å²) in [5.41, 5.74) is 0.427. The van der Waals surface area contributed by atoms with E-state index < -0.39 is 27.7 Å². The molecule has 0 aliphatic carbocycles. The molecule has 0 spiro atoms. The first-order chi connectivity index (χ1) is 8.76. The van der Waals surface area contributed by atoms with Gasteiger partial charge in [-0.15, -0.1) is 0 Å². The quantitative estimate of drug-likeness (QED) is 0.835. The van der Waals surface area contributed by atoms with Gasteiger partial charge < -0.3 is 5.32 Å². The van der Waals surface area contributed by atoms with Crippen LogP contribution >= 0.6 is 0 Å². The molecular weight excluding hydrogens is 274 g/mol. The molecule has 0 fully saturated rings. The number of aryl methyl sites for hydroxylation is 1. The van der Waals surface area contributed by atoms with Gasteiger partial charge in [-0.25, -0.2) is 21.9 Å². The fourth-order valence-corrected chi connectivity index (χ4v) is 2.21. The number of sulfonamides is 1. The molecule has 1 aromatic carbocycles. The smallest absolute Gasteiger partial charge is 0.212 e. The van der Waals surface area contributed by atoms with E-state index in [1.807, 2.05) is 0 Å².